The van der Waals surface area contributed by atoms with Crippen LogP contribution in [-0.4, -0.2) is 30.4 Å². The lowest BCUT2D eigenvalue weighted by Crippen LogP contribution is -2.34. The quantitative estimate of drug-likeness (QED) is 0.904. The molecule has 0 saturated carbocycles. The molecule has 1 amide bonds. The maximum absolute atomic E-state index is 12.3. The van der Waals surface area contributed by atoms with Crippen LogP contribution < -0.4 is 5.73 Å². The lowest BCUT2D eigenvalue weighted by atomic mass is 9.90. The molecule has 5 heteroatoms. The zero-order chi connectivity index (χ0) is 12.5. The van der Waals surface area contributed by atoms with Crippen LogP contribution in [0.25, 0.3) is 0 Å². The molecular formula is C13H18BrClN2O. The summed E-state index contributed by atoms with van der Waals surface area (Å²) in [6.07, 6.45) is 0.989. The van der Waals surface area contributed by atoms with Gasteiger partial charge in [-0.2, -0.15) is 0 Å². The molecule has 0 aromatic heterocycles. The Labute approximate surface area is 122 Å². The van der Waals surface area contributed by atoms with Crippen LogP contribution in [0.5, 0.6) is 0 Å². The van der Waals surface area contributed by atoms with Crippen molar-refractivity contribution in [2.24, 2.45) is 11.1 Å². The van der Waals surface area contributed by atoms with Gasteiger partial charge in [-0.1, -0.05) is 28.9 Å². The van der Waals surface area contributed by atoms with Gasteiger partial charge < -0.3 is 10.6 Å². The molecule has 1 atom stereocenters. The van der Waals surface area contributed by atoms with E-state index in [1.54, 1.807) is 0 Å². The number of amides is 1. The Hall–Kier alpha value is -0.580. The van der Waals surface area contributed by atoms with E-state index >= 15 is 0 Å². The SMILES string of the molecule is CC1(CN)CCN(C(=O)c2cccc(Br)c2)C1.Cl. The van der Waals surface area contributed by atoms with Gasteiger partial charge in [0.25, 0.3) is 5.91 Å². The van der Waals surface area contributed by atoms with Crippen molar-refractivity contribution >= 4 is 34.2 Å². The molecule has 0 aliphatic carbocycles. The van der Waals surface area contributed by atoms with E-state index in [4.69, 9.17) is 5.73 Å². The van der Waals surface area contributed by atoms with Gasteiger partial charge in [0, 0.05) is 23.1 Å². The van der Waals surface area contributed by atoms with Gasteiger partial charge in [-0.05, 0) is 36.6 Å². The van der Waals surface area contributed by atoms with Crippen molar-refractivity contribution < 1.29 is 4.79 Å². The highest BCUT2D eigenvalue weighted by molar-refractivity contribution is 9.10. The third kappa shape index (κ3) is 3.25. The van der Waals surface area contributed by atoms with Crippen LogP contribution >= 0.6 is 28.3 Å². The molecular weight excluding hydrogens is 316 g/mol. The zero-order valence-corrected chi connectivity index (χ0v) is 12.8. The van der Waals surface area contributed by atoms with Gasteiger partial charge in [-0.15, -0.1) is 12.4 Å². The van der Waals surface area contributed by atoms with Crippen molar-refractivity contribution in [1.29, 1.82) is 0 Å². The van der Waals surface area contributed by atoms with Crippen LogP contribution in [0.1, 0.15) is 23.7 Å². The third-order valence-corrected chi connectivity index (χ3v) is 3.90. The molecule has 1 heterocycles. The summed E-state index contributed by atoms with van der Waals surface area (Å²) in [7, 11) is 0. The Morgan fingerprint density at radius 2 is 2.28 bits per heavy atom. The third-order valence-electron chi connectivity index (χ3n) is 3.41. The first-order valence-electron chi connectivity index (χ1n) is 5.79. The first-order valence-corrected chi connectivity index (χ1v) is 6.58. The second kappa shape index (κ2) is 6.04. The molecule has 1 aromatic rings. The topological polar surface area (TPSA) is 46.3 Å². The second-order valence-electron chi connectivity index (χ2n) is 5.00. The van der Waals surface area contributed by atoms with Gasteiger partial charge in [0.15, 0.2) is 0 Å². The predicted molar refractivity (Wildman–Crippen MR) is 79.1 cm³/mol. The number of nitrogens with zero attached hydrogens (tertiary/aromatic N) is 1. The molecule has 3 nitrogen and oxygen atoms in total. The summed E-state index contributed by atoms with van der Waals surface area (Å²) in [5.41, 5.74) is 6.57. The standard InChI is InChI=1S/C13H17BrN2O.ClH/c1-13(8-15)5-6-16(9-13)12(17)10-3-2-4-11(14)7-10;/h2-4,7H,5-6,8-9,15H2,1H3;1H. The van der Waals surface area contributed by atoms with Gasteiger partial charge in [0.1, 0.15) is 0 Å². The normalized spacial score (nSPS) is 22.7. The Morgan fingerprint density at radius 1 is 1.56 bits per heavy atom. The Bertz CT molecular complexity index is 441. The van der Waals surface area contributed by atoms with Crippen molar-refractivity contribution in [3.05, 3.63) is 34.3 Å². The summed E-state index contributed by atoms with van der Waals surface area (Å²) >= 11 is 3.38. The fourth-order valence-corrected chi connectivity index (χ4v) is 2.57. The molecule has 0 spiro atoms. The van der Waals surface area contributed by atoms with Gasteiger partial charge in [0.2, 0.25) is 0 Å². The first kappa shape index (κ1) is 15.5. The van der Waals surface area contributed by atoms with Crippen LogP contribution in [0.15, 0.2) is 28.7 Å². The molecule has 1 aromatic carbocycles. The van der Waals surface area contributed by atoms with E-state index in [1.807, 2.05) is 29.2 Å². The monoisotopic (exact) mass is 332 g/mol. The van der Waals surface area contributed by atoms with E-state index in [0.717, 1.165) is 29.5 Å². The zero-order valence-electron chi connectivity index (χ0n) is 10.4. The van der Waals surface area contributed by atoms with Crippen molar-refractivity contribution in [1.82, 2.24) is 4.90 Å². The van der Waals surface area contributed by atoms with Gasteiger partial charge in [-0.3, -0.25) is 4.79 Å². The second-order valence-corrected chi connectivity index (χ2v) is 5.92. The van der Waals surface area contributed by atoms with E-state index in [-0.39, 0.29) is 23.7 Å². The van der Waals surface area contributed by atoms with Crippen LogP contribution in [0.3, 0.4) is 0 Å². The highest BCUT2D eigenvalue weighted by Gasteiger charge is 2.35. The molecule has 1 aliphatic rings. The largest absolute Gasteiger partial charge is 0.338 e. The summed E-state index contributed by atoms with van der Waals surface area (Å²) in [6, 6.07) is 7.52. The average Bonchev–Trinajstić information content (AvgIpc) is 2.72. The number of hydrogen-bond acceptors (Lipinski definition) is 2. The Balaban J connectivity index is 0.00000162. The summed E-state index contributed by atoms with van der Waals surface area (Å²) in [5, 5.41) is 0. The minimum atomic E-state index is 0. The fraction of sp³-hybridized carbons (Fsp3) is 0.462. The molecule has 1 unspecified atom stereocenters. The minimum Gasteiger partial charge on any atom is -0.338 e. The van der Waals surface area contributed by atoms with Crippen LogP contribution in [0.2, 0.25) is 0 Å². The highest BCUT2D eigenvalue weighted by Crippen LogP contribution is 2.29. The first-order chi connectivity index (χ1) is 8.04. The Kier molecular flexibility index (Phi) is 5.20. The number of hydrogen-bond donors (Lipinski definition) is 1. The molecule has 2 N–H and O–H groups in total. The Morgan fingerprint density at radius 3 is 2.83 bits per heavy atom. The van der Waals surface area contributed by atoms with Crippen LogP contribution in [0.4, 0.5) is 0 Å². The molecule has 1 aliphatic heterocycles. The lowest BCUT2D eigenvalue weighted by Gasteiger charge is -2.22. The number of benzene rings is 1. The maximum Gasteiger partial charge on any atom is 0.253 e. The summed E-state index contributed by atoms with van der Waals surface area (Å²) < 4.78 is 0.934. The van der Waals surface area contributed by atoms with Crippen molar-refractivity contribution in [3.8, 4) is 0 Å². The van der Waals surface area contributed by atoms with E-state index in [1.165, 1.54) is 0 Å². The number of halogens is 2. The van der Waals surface area contributed by atoms with E-state index in [9.17, 15) is 4.79 Å². The van der Waals surface area contributed by atoms with Crippen molar-refractivity contribution in [2.45, 2.75) is 13.3 Å². The smallest absolute Gasteiger partial charge is 0.253 e. The van der Waals surface area contributed by atoms with E-state index < -0.39 is 0 Å². The average molecular weight is 334 g/mol. The number of carbonyl (C=O) groups is 1. The molecule has 0 radical (unpaired) electrons. The van der Waals surface area contributed by atoms with Gasteiger partial charge >= 0.3 is 0 Å². The molecule has 1 saturated heterocycles. The van der Waals surface area contributed by atoms with Crippen molar-refractivity contribution in [3.63, 3.8) is 0 Å². The fourth-order valence-electron chi connectivity index (χ4n) is 2.17. The van der Waals surface area contributed by atoms with Crippen molar-refractivity contribution in [2.75, 3.05) is 19.6 Å². The predicted octanol–water partition coefficient (Wildman–Crippen LogP) is 2.68. The molecule has 2 rings (SSSR count). The molecule has 1 fully saturated rings. The summed E-state index contributed by atoms with van der Waals surface area (Å²) in [5.74, 6) is 0.100. The number of nitrogens with two attached hydrogens (primary N) is 1. The minimum absolute atomic E-state index is 0. The molecule has 0 bridgehead atoms. The van der Waals surface area contributed by atoms with E-state index in [2.05, 4.69) is 22.9 Å². The summed E-state index contributed by atoms with van der Waals surface area (Å²) in [6.45, 7) is 4.34. The lowest BCUT2D eigenvalue weighted by molar-refractivity contribution is 0.0777. The maximum atomic E-state index is 12.3. The number of likely N-dealkylation sites (tertiary alicyclic amines) is 1. The van der Waals surface area contributed by atoms with Gasteiger partial charge in [0.05, 0.1) is 0 Å². The van der Waals surface area contributed by atoms with Gasteiger partial charge in [-0.25, -0.2) is 0 Å². The van der Waals surface area contributed by atoms with E-state index in [0.29, 0.717) is 6.54 Å². The van der Waals surface area contributed by atoms with Crippen LogP contribution in [-0.2, 0) is 0 Å². The number of carbonyl (C=O) groups excluding carboxylic acids is 1. The highest BCUT2D eigenvalue weighted by atomic mass is 79.9. The summed E-state index contributed by atoms with van der Waals surface area (Å²) in [4.78, 5) is 14.2. The number of rotatable bonds is 2. The molecule has 100 valence electrons. The van der Waals surface area contributed by atoms with Crippen LogP contribution in [0, 0.1) is 5.41 Å². The molecule has 18 heavy (non-hydrogen) atoms.